The molecule has 1 aliphatic rings. The van der Waals surface area contributed by atoms with E-state index < -0.39 is 0 Å². The number of aryl methyl sites for hydroxylation is 1. The van der Waals surface area contributed by atoms with Crippen LogP contribution < -0.4 is 15.5 Å². The Morgan fingerprint density at radius 3 is 2.70 bits per heavy atom. The monoisotopic (exact) mass is 554 g/mol. The van der Waals surface area contributed by atoms with Crippen molar-refractivity contribution in [2.24, 2.45) is 0 Å². The molecule has 0 atom stereocenters. The number of fused-ring (bicyclic) bond motifs is 1. The molecule has 5 rings (SSSR count). The number of hydrogen-bond acceptors (Lipinski definition) is 8. The first-order valence-electron chi connectivity index (χ1n) is 12.8. The number of carbonyl (C=O) groups excluding carboxylic acids is 2. The fourth-order valence-corrected chi connectivity index (χ4v) is 4.89. The zero-order valence-electron chi connectivity index (χ0n) is 22.5. The second kappa shape index (κ2) is 12.1. The summed E-state index contributed by atoms with van der Waals surface area (Å²) < 4.78 is 4.30. The van der Waals surface area contributed by atoms with Gasteiger partial charge in [0.1, 0.15) is 5.00 Å². The van der Waals surface area contributed by atoms with Gasteiger partial charge in [0.15, 0.2) is 5.82 Å². The van der Waals surface area contributed by atoms with Gasteiger partial charge in [-0.3, -0.25) is 4.79 Å². The number of rotatable bonds is 9. The summed E-state index contributed by atoms with van der Waals surface area (Å²) in [6.45, 7) is 3.37. The molecule has 2 aromatic carbocycles. The molecule has 0 saturated carbocycles. The number of anilines is 5. The summed E-state index contributed by atoms with van der Waals surface area (Å²) in [5.41, 5.74) is 3.87. The van der Waals surface area contributed by atoms with E-state index in [9.17, 15) is 9.59 Å². The Bertz CT molecular complexity index is 1540. The van der Waals surface area contributed by atoms with Gasteiger partial charge < -0.3 is 20.4 Å². The van der Waals surface area contributed by atoms with Crippen LogP contribution in [0.3, 0.4) is 0 Å². The van der Waals surface area contributed by atoms with E-state index in [1.54, 1.807) is 40.3 Å². The Morgan fingerprint density at radius 1 is 1.12 bits per heavy atom. The lowest BCUT2D eigenvalue weighted by Gasteiger charge is -2.36. The summed E-state index contributed by atoms with van der Waals surface area (Å²) in [6.07, 6.45) is 5.04. The van der Waals surface area contributed by atoms with Crippen molar-refractivity contribution in [1.29, 1.82) is 0 Å². The Labute approximate surface area is 237 Å². The molecule has 40 heavy (non-hydrogen) atoms. The number of hydrogen-bond donors (Lipinski definition) is 2. The Kier molecular flexibility index (Phi) is 8.13. The first-order valence-corrected chi connectivity index (χ1v) is 13.5. The standard InChI is InChI=1S/C29H30N8O2S/c1-20-15-26(40-34-20)32-28-30-17-22-19-36(18-21-9-5-4-6-10-21)29(39)37(27(22)33-28)24-12-7-11-23(16-24)31-25(38)13-8-14-35(2)3/h4-13,15-17H,14,18-19H2,1-3H3,(H,31,38)(H,30,32,33)/b13-8+. The molecule has 3 amide bonds. The maximum Gasteiger partial charge on any atom is 0.330 e. The van der Waals surface area contributed by atoms with Crippen molar-refractivity contribution < 1.29 is 9.59 Å². The molecule has 0 bridgehead atoms. The van der Waals surface area contributed by atoms with E-state index in [0.29, 0.717) is 42.8 Å². The van der Waals surface area contributed by atoms with Crippen LogP contribution in [0.1, 0.15) is 16.8 Å². The average Bonchev–Trinajstić information content (AvgIpc) is 3.34. The predicted molar refractivity (Wildman–Crippen MR) is 158 cm³/mol. The van der Waals surface area contributed by atoms with Crippen LogP contribution in [0.5, 0.6) is 0 Å². The van der Waals surface area contributed by atoms with Crippen molar-refractivity contribution >= 4 is 51.6 Å². The lowest BCUT2D eigenvalue weighted by Crippen LogP contribution is -2.45. The number of urea groups is 1. The molecule has 2 N–H and O–H groups in total. The molecule has 0 saturated heterocycles. The highest BCUT2D eigenvalue weighted by Crippen LogP contribution is 2.36. The highest BCUT2D eigenvalue weighted by molar-refractivity contribution is 7.10. The van der Waals surface area contributed by atoms with Gasteiger partial charge in [-0.2, -0.15) is 9.36 Å². The van der Waals surface area contributed by atoms with Crippen molar-refractivity contribution in [3.63, 3.8) is 0 Å². The summed E-state index contributed by atoms with van der Waals surface area (Å²) in [4.78, 5) is 41.0. The number of aromatic nitrogens is 3. The first-order chi connectivity index (χ1) is 19.4. The minimum atomic E-state index is -0.247. The van der Waals surface area contributed by atoms with Crippen LogP contribution in [0.2, 0.25) is 0 Å². The molecule has 3 heterocycles. The quantitative estimate of drug-likeness (QED) is 0.270. The maximum absolute atomic E-state index is 14.0. The number of likely N-dealkylation sites (N-methyl/N-ethyl adjacent to an activating group) is 1. The van der Waals surface area contributed by atoms with E-state index in [1.807, 2.05) is 68.4 Å². The summed E-state index contributed by atoms with van der Waals surface area (Å²) in [6, 6.07) is 18.7. The van der Waals surface area contributed by atoms with E-state index in [2.05, 4.69) is 20.0 Å². The summed E-state index contributed by atoms with van der Waals surface area (Å²) in [5, 5.41) is 6.89. The molecule has 0 spiro atoms. The molecule has 2 aromatic heterocycles. The van der Waals surface area contributed by atoms with Gasteiger partial charge in [-0.1, -0.05) is 42.5 Å². The third kappa shape index (κ3) is 6.50. The van der Waals surface area contributed by atoms with Crippen molar-refractivity contribution in [3.05, 3.63) is 95.8 Å². The van der Waals surface area contributed by atoms with Crippen LogP contribution >= 0.6 is 11.5 Å². The van der Waals surface area contributed by atoms with Gasteiger partial charge in [-0.25, -0.2) is 14.7 Å². The molecule has 204 valence electrons. The van der Waals surface area contributed by atoms with Gasteiger partial charge in [-0.15, -0.1) is 0 Å². The fraction of sp³-hybridized carbons (Fsp3) is 0.207. The highest BCUT2D eigenvalue weighted by Gasteiger charge is 2.33. The van der Waals surface area contributed by atoms with Gasteiger partial charge in [0, 0.05) is 36.6 Å². The van der Waals surface area contributed by atoms with Crippen molar-refractivity contribution in [3.8, 4) is 0 Å². The van der Waals surface area contributed by atoms with Gasteiger partial charge in [-0.05, 0) is 62.4 Å². The summed E-state index contributed by atoms with van der Waals surface area (Å²) in [5.74, 6) is 0.610. The molecule has 0 aliphatic carbocycles. The normalized spacial score (nSPS) is 13.2. The van der Waals surface area contributed by atoms with Gasteiger partial charge in [0.2, 0.25) is 11.9 Å². The smallest absolute Gasteiger partial charge is 0.322 e. The van der Waals surface area contributed by atoms with Crippen LogP contribution in [0.25, 0.3) is 0 Å². The minimum Gasteiger partial charge on any atom is -0.322 e. The van der Waals surface area contributed by atoms with Crippen LogP contribution in [-0.4, -0.2) is 56.7 Å². The summed E-state index contributed by atoms with van der Waals surface area (Å²) in [7, 11) is 3.87. The zero-order chi connectivity index (χ0) is 28.1. The van der Waals surface area contributed by atoms with E-state index >= 15 is 0 Å². The van der Waals surface area contributed by atoms with Crippen molar-refractivity contribution in [2.75, 3.05) is 36.2 Å². The van der Waals surface area contributed by atoms with Crippen molar-refractivity contribution in [1.82, 2.24) is 24.1 Å². The number of carbonyl (C=O) groups is 2. The second-order valence-electron chi connectivity index (χ2n) is 9.66. The van der Waals surface area contributed by atoms with Crippen LogP contribution in [0.15, 0.2) is 79.0 Å². The molecule has 1 aliphatic heterocycles. The Balaban J connectivity index is 1.47. The molecule has 0 fully saturated rings. The third-order valence-electron chi connectivity index (χ3n) is 6.07. The number of nitrogens with zero attached hydrogens (tertiary/aromatic N) is 6. The maximum atomic E-state index is 14.0. The van der Waals surface area contributed by atoms with Gasteiger partial charge in [0.05, 0.1) is 17.9 Å². The molecule has 4 aromatic rings. The van der Waals surface area contributed by atoms with E-state index in [0.717, 1.165) is 21.8 Å². The lowest BCUT2D eigenvalue weighted by molar-refractivity contribution is -0.111. The van der Waals surface area contributed by atoms with E-state index in [-0.39, 0.29) is 11.9 Å². The molecule has 0 radical (unpaired) electrons. The average molecular weight is 555 g/mol. The lowest BCUT2D eigenvalue weighted by atomic mass is 10.1. The highest BCUT2D eigenvalue weighted by atomic mass is 32.1. The first kappa shape index (κ1) is 27.0. The van der Waals surface area contributed by atoms with Gasteiger partial charge in [0.25, 0.3) is 0 Å². The number of amides is 3. The zero-order valence-corrected chi connectivity index (χ0v) is 23.4. The Morgan fingerprint density at radius 2 is 1.95 bits per heavy atom. The Hall–Kier alpha value is -4.61. The molecular weight excluding hydrogens is 524 g/mol. The second-order valence-corrected chi connectivity index (χ2v) is 10.5. The SMILES string of the molecule is Cc1cc(Nc2ncc3c(n2)N(c2cccc(NC(=O)/C=C/CN(C)C)c2)C(=O)N(Cc2ccccc2)C3)sn1. The third-order valence-corrected chi connectivity index (χ3v) is 6.86. The van der Waals surface area contributed by atoms with E-state index in [4.69, 9.17) is 4.98 Å². The number of nitrogens with one attached hydrogen (secondary N) is 2. The largest absolute Gasteiger partial charge is 0.330 e. The van der Waals surface area contributed by atoms with Crippen LogP contribution in [-0.2, 0) is 17.9 Å². The molecular formula is C29H30N8O2S. The van der Waals surface area contributed by atoms with E-state index in [1.165, 1.54) is 17.6 Å². The topological polar surface area (TPSA) is 107 Å². The van der Waals surface area contributed by atoms with Gasteiger partial charge >= 0.3 is 6.03 Å². The van der Waals surface area contributed by atoms with Crippen LogP contribution in [0.4, 0.5) is 32.9 Å². The summed E-state index contributed by atoms with van der Waals surface area (Å²) >= 11 is 1.32. The van der Waals surface area contributed by atoms with Crippen molar-refractivity contribution in [2.45, 2.75) is 20.0 Å². The minimum absolute atomic E-state index is 0.219. The number of benzene rings is 2. The predicted octanol–water partition coefficient (Wildman–Crippen LogP) is 5.32. The molecule has 10 nitrogen and oxygen atoms in total. The fourth-order valence-electron chi connectivity index (χ4n) is 4.24. The molecule has 0 unspecified atom stereocenters. The van der Waals surface area contributed by atoms with Crippen LogP contribution in [0, 0.1) is 6.92 Å². The molecule has 11 heteroatoms.